The summed E-state index contributed by atoms with van der Waals surface area (Å²) in [5.41, 5.74) is 1.49. The molecule has 6 heteroatoms. The Morgan fingerprint density at radius 3 is 2.78 bits per heavy atom. The maximum absolute atomic E-state index is 12.1. The molecule has 1 heterocycles. The summed E-state index contributed by atoms with van der Waals surface area (Å²) in [6, 6.07) is 14.7. The van der Waals surface area contributed by atoms with Crippen LogP contribution in [0, 0.1) is 0 Å². The second-order valence-corrected chi connectivity index (χ2v) is 5.61. The fraction of sp³-hybridized carbons (Fsp3) is 0.176. The summed E-state index contributed by atoms with van der Waals surface area (Å²) in [7, 11) is 0. The van der Waals surface area contributed by atoms with Gasteiger partial charge in [-0.3, -0.25) is 9.48 Å². The number of aliphatic hydroxyl groups is 1. The minimum Gasteiger partial charge on any atom is -0.387 e. The van der Waals surface area contributed by atoms with E-state index in [9.17, 15) is 9.90 Å². The zero-order valence-corrected chi connectivity index (χ0v) is 13.1. The molecule has 3 aromatic rings. The van der Waals surface area contributed by atoms with Crippen LogP contribution in [0.4, 0.5) is 0 Å². The molecule has 0 aliphatic heterocycles. The summed E-state index contributed by atoms with van der Waals surface area (Å²) in [6.07, 6.45) is 0.878. The third-order valence-corrected chi connectivity index (χ3v) is 3.95. The smallest absolute Gasteiger partial charge is 0.241 e. The molecule has 2 aromatic carbocycles. The molecule has 3 rings (SSSR count). The number of carbonyl (C=O) groups is 1. The van der Waals surface area contributed by atoms with Crippen LogP contribution in [0.3, 0.4) is 0 Å². The number of rotatable bonds is 5. The summed E-state index contributed by atoms with van der Waals surface area (Å²) in [4.78, 5) is 12.1. The van der Waals surface area contributed by atoms with Crippen molar-refractivity contribution in [2.75, 3.05) is 6.54 Å². The Morgan fingerprint density at radius 1 is 1.22 bits per heavy atom. The molecule has 118 valence electrons. The highest BCUT2D eigenvalue weighted by Crippen LogP contribution is 2.21. The highest BCUT2D eigenvalue weighted by molar-refractivity contribution is 6.31. The summed E-state index contributed by atoms with van der Waals surface area (Å²) in [5.74, 6) is -0.218. The Balaban J connectivity index is 1.61. The number of nitrogens with zero attached hydrogens (tertiary/aromatic N) is 2. The van der Waals surface area contributed by atoms with Crippen molar-refractivity contribution in [3.8, 4) is 0 Å². The van der Waals surface area contributed by atoms with E-state index in [0.29, 0.717) is 10.6 Å². The first-order chi connectivity index (χ1) is 11.1. The fourth-order valence-corrected chi connectivity index (χ4v) is 2.67. The van der Waals surface area contributed by atoms with Crippen molar-refractivity contribution in [3.63, 3.8) is 0 Å². The standard InChI is InChI=1S/C17H16ClN3O2/c18-14-7-3-2-6-13(14)16(22)10-19-17(23)11-21-15-8-4-1-5-12(15)9-20-21/h1-9,16,22H,10-11H2,(H,19,23). The van der Waals surface area contributed by atoms with E-state index in [1.807, 2.05) is 24.3 Å². The summed E-state index contributed by atoms with van der Waals surface area (Å²) >= 11 is 6.03. The van der Waals surface area contributed by atoms with Gasteiger partial charge in [0.25, 0.3) is 0 Å². The van der Waals surface area contributed by atoms with Crippen LogP contribution in [0.25, 0.3) is 10.9 Å². The third kappa shape index (κ3) is 3.52. The van der Waals surface area contributed by atoms with Gasteiger partial charge < -0.3 is 10.4 Å². The number of hydrogen-bond acceptors (Lipinski definition) is 3. The molecule has 0 radical (unpaired) electrons. The van der Waals surface area contributed by atoms with Gasteiger partial charge >= 0.3 is 0 Å². The minimum atomic E-state index is -0.845. The Bertz CT molecular complexity index is 831. The maximum Gasteiger partial charge on any atom is 0.241 e. The van der Waals surface area contributed by atoms with Gasteiger partial charge in [0.15, 0.2) is 0 Å². The van der Waals surface area contributed by atoms with Crippen LogP contribution >= 0.6 is 11.6 Å². The molecule has 1 atom stereocenters. The average Bonchev–Trinajstić information content (AvgIpc) is 2.96. The van der Waals surface area contributed by atoms with Crippen LogP contribution in [0.2, 0.25) is 5.02 Å². The number of aliphatic hydroxyl groups excluding tert-OH is 1. The van der Waals surface area contributed by atoms with E-state index in [1.165, 1.54) is 0 Å². The maximum atomic E-state index is 12.1. The molecule has 0 spiro atoms. The Labute approximate surface area is 138 Å². The normalized spacial score (nSPS) is 12.3. The first-order valence-electron chi connectivity index (χ1n) is 7.25. The van der Waals surface area contributed by atoms with Crippen molar-refractivity contribution in [1.82, 2.24) is 15.1 Å². The molecule has 23 heavy (non-hydrogen) atoms. The van der Waals surface area contributed by atoms with Crippen LogP contribution in [0.5, 0.6) is 0 Å². The zero-order chi connectivity index (χ0) is 16.2. The highest BCUT2D eigenvalue weighted by Gasteiger charge is 2.13. The Hall–Kier alpha value is -2.37. The molecule has 1 unspecified atom stereocenters. The number of hydrogen-bond donors (Lipinski definition) is 2. The van der Waals surface area contributed by atoms with E-state index in [-0.39, 0.29) is 19.0 Å². The first-order valence-corrected chi connectivity index (χ1v) is 7.62. The topological polar surface area (TPSA) is 67.2 Å². The quantitative estimate of drug-likeness (QED) is 0.756. The third-order valence-electron chi connectivity index (χ3n) is 3.60. The lowest BCUT2D eigenvalue weighted by Gasteiger charge is -2.13. The van der Waals surface area contributed by atoms with Gasteiger partial charge in [0.2, 0.25) is 5.91 Å². The van der Waals surface area contributed by atoms with Crippen LogP contribution in [-0.4, -0.2) is 27.3 Å². The molecule has 0 fully saturated rings. The van der Waals surface area contributed by atoms with Crippen molar-refractivity contribution in [3.05, 3.63) is 65.3 Å². The molecule has 5 nitrogen and oxygen atoms in total. The molecule has 0 saturated carbocycles. The number of amides is 1. The van der Waals surface area contributed by atoms with Gasteiger partial charge in [-0.2, -0.15) is 5.10 Å². The van der Waals surface area contributed by atoms with Gasteiger partial charge in [0.1, 0.15) is 6.54 Å². The zero-order valence-electron chi connectivity index (χ0n) is 12.3. The number of halogens is 1. The summed E-state index contributed by atoms with van der Waals surface area (Å²) in [6.45, 7) is 0.199. The number of para-hydroxylation sites is 1. The molecule has 0 aliphatic rings. The van der Waals surface area contributed by atoms with E-state index in [0.717, 1.165) is 10.9 Å². The number of nitrogens with one attached hydrogen (secondary N) is 1. The van der Waals surface area contributed by atoms with Crippen molar-refractivity contribution in [2.45, 2.75) is 12.6 Å². The van der Waals surface area contributed by atoms with E-state index in [4.69, 9.17) is 11.6 Å². The lowest BCUT2D eigenvalue weighted by molar-refractivity contribution is -0.122. The molecule has 1 amide bonds. The Morgan fingerprint density at radius 2 is 1.96 bits per heavy atom. The molecule has 2 N–H and O–H groups in total. The lowest BCUT2D eigenvalue weighted by Crippen LogP contribution is -2.31. The number of benzene rings is 2. The van der Waals surface area contributed by atoms with Crippen LogP contribution in [-0.2, 0) is 11.3 Å². The van der Waals surface area contributed by atoms with Gasteiger partial charge in [-0.15, -0.1) is 0 Å². The van der Waals surface area contributed by atoms with Gasteiger partial charge in [-0.25, -0.2) is 0 Å². The molecular formula is C17H16ClN3O2. The van der Waals surface area contributed by atoms with E-state index in [1.54, 1.807) is 35.1 Å². The number of aromatic nitrogens is 2. The van der Waals surface area contributed by atoms with Gasteiger partial charge in [0.05, 0.1) is 17.8 Å². The monoisotopic (exact) mass is 329 g/mol. The molecular weight excluding hydrogens is 314 g/mol. The predicted molar refractivity (Wildman–Crippen MR) is 89.2 cm³/mol. The average molecular weight is 330 g/mol. The molecule has 0 saturated heterocycles. The van der Waals surface area contributed by atoms with E-state index < -0.39 is 6.10 Å². The fourth-order valence-electron chi connectivity index (χ4n) is 2.41. The molecule has 0 bridgehead atoms. The van der Waals surface area contributed by atoms with Gasteiger partial charge in [-0.1, -0.05) is 48.0 Å². The SMILES string of the molecule is O=C(Cn1ncc2ccccc21)NCC(O)c1ccccc1Cl. The minimum absolute atomic E-state index is 0.0990. The highest BCUT2D eigenvalue weighted by atomic mass is 35.5. The van der Waals surface area contributed by atoms with Crippen molar-refractivity contribution in [2.24, 2.45) is 0 Å². The van der Waals surface area contributed by atoms with Crippen molar-refractivity contribution in [1.29, 1.82) is 0 Å². The van der Waals surface area contributed by atoms with Crippen LogP contribution < -0.4 is 5.32 Å². The van der Waals surface area contributed by atoms with Crippen molar-refractivity contribution < 1.29 is 9.90 Å². The summed E-state index contributed by atoms with van der Waals surface area (Å²) in [5, 5.41) is 18.5. The number of fused-ring (bicyclic) bond motifs is 1. The second kappa shape index (κ2) is 6.81. The van der Waals surface area contributed by atoms with E-state index >= 15 is 0 Å². The van der Waals surface area contributed by atoms with Gasteiger partial charge in [0, 0.05) is 22.5 Å². The predicted octanol–water partition coefficient (Wildman–Crippen LogP) is 2.54. The van der Waals surface area contributed by atoms with Crippen LogP contribution in [0.15, 0.2) is 54.7 Å². The first kappa shape index (κ1) is 15.5. The van der Waals surface area contributed by atoms with Crippen molar-refractivity contribution >= 4 is 28.4 Å². The van der Waals surface area contributed by atoms with E-state index in [2.05, 4.69) is 10.4 Å². The Kier molecular flexibility index (Phi) is 4.60. The van der Waals surface area contributed by atoms with Gasteiger partial charge in [-0.05, 0) is 12.1 Å². The molecule has 1 aromatic heterocycles. The van der Waals surface area contributed by atoms with Crippen LogP contribution in [0.1, 0.15) is 11.7 Å². The lowest BCUT2D eigenvalue weighted by atomic mass is 10.1. The largest absolute Gasteiger partial charge is 0.387 e. The second-order valence-electron chi connectivity index (χ2n) is 5.20. The molecule has 0 aliphatic carbocycles. The summed E-state index contributed by atoms with van der Waals surface area (Å²) < 4.78 is 1.63. The number of carbonyl (C=O) groups excluding carboxylic acids is 1.